The van der Waals surface area contributed by atoms with E-state index in [0.29, 0.717) is 11.6 Å². The highest BCUT2D eigenvalue weighted by Gasteiger charge is 2.24. The first kappa shape index (κ1) is 14.8. The van der Waals surface area contributed by atoms with Crippen molar-refractivity contribution in [2.75, 3.05) is 6.61 Å². The Morgan fingerprint density at radius 1 is 1.50 bits per heavy atom. The monoisotopic (exact) mass is 311 g/mol. The highest BCUT2D eigenvalue weighted by molar-refractivity contribution is 7.96. The fourth-order valence-electron chi connectivity index (χ4n) is 1.78. The van der Waals surface area contributed by atoms with Gasteiger partial charge in [-0.3, -0.25) is 9.59 Å². The molecule has 0 aliphatic rings. The molecule has 1 atom stereocenters. The minimum Gasteiger partial charge on any atom is -0.494 e. The number of fused-ring (bicyclic) bond motifs is 1. The lowest BCUT2D eigenvalue weighted by Crippen LogP contribution is -2.11. The van der Waals surface area contributed by atoms with E-state index in [1.165, 1.54) is 11.3 Å². The molecule has 1 unspecified atom stereocenters. The van der Waals surface area contributed by atoms with Crippen LogP contribution in [0.5, 0.6) is 5.75 Å². The predicted octanol–water partition coefficient (Wildman–Crippen LogP) is 2.71. The number of hydrogen-bond donors (Lipinski definition) is 2. The van der Waals surface area contributed by atoms with Crippen LogP contribution in [0, 0.1) is 0 Å². The van der Waals surface area contributed by atoms with Crippen LogP contribution in [0.2, 0.25) is 0 Å². The van der Waals surface area contributed by atoms with E-state index < -0.39 is 17.0 Å². The minimum absolute atomic E-state index is 0.305. The van der Waals surface area contributed by atoms with E-state index in [0.717, 1.165) is 16.0 Å². The number of aromatic nitrogens is 1. The SMILES string of the molecule is CCOc1ccc2nc(C(CC(=O)O)C(=O)S)sc2c1. The Labute approximate surface area is 125 Å². The van der Waals surface area contributed by atoms with E-state index in [4.69, 9.17) is 9.84 Å². The topological polar surface area (TPSA) is 76.5 Å². The van der Waals surface area contributed by atoms with Gasteiger partial charge in [-0.1, -0.05) is 0 Å². The van der Waals surface area contributed by atoms with Crippen LogP contribution in [-0.4, -0.2) is 27.8 Å². The summed E-state index contributed by atoms with van der Waals surface area (Å²) in [5.41, 5.74) is 0.721. The summed E-state index contributed by atoms with van der Waals surface area (Å²) in [5.74, 6) is -1.14. The fraction of sp³-hybridized carbons (Fsp3) is 0.308. The second-order valence-corrected chi connectivity index (χ2v) is 5.61. The zero-order valence-electron chi connectivity index (χ0n) is 10.7. The molecule has 0 amide bonds. The maximum absolute atomic E-state index is 11.5. The molecule has 1 aromatic carbocycles. The number of thiol groups is 1. The molecule has 106 valence electrons. The van der Waals surface area contributed by atoms with Gasteiger partial charge in [0.15, 0.2) is 5.12 Å². The molecular formula is C13H13NO4S2. The number of thiazole rings is 1. The maximum atomic E-state index is 11.5. The van der Waals surface area contributed by atoms with Crippen LogP contribution in [0.15, 0.2) is 18.2 Å². The van der Waals surface area contributed by atoms with E-state index >= 15 is 0 Å². The number of carboxylic acid groups (broad SMARTS) is 1. The normalized spacial score (nSPS) is 12.3. The molecule has 0 spiro atoms. The standard InChI is InChI=1S/C13H13NO4S2/c1-2-18-7-3-4-9-10(5-7)20-12(14-9)8(13(17)19)6-11(15)16/h3-5,8H,2,6H2,1H3,(H,15,16)(H,17,19). The summed E-state index contributed by atoms with van der Waals surface area (Å²) >= 11 is 5.05. The molecular weight excluding hydrogens is 298 g/mol. The number of rotatable bonds is 6. The lowest BCUT2D eigenvalue weighted by atomic mass is 10.1. The van der Waals surface area contributed by atoms with Crippen LogP contribution in [0.4, 0.5) is 0 Å². The molecule has 0 fully saturated rings. The number of carboxylic acids is 1. The van der Waals surface area contributed by atoms with Crippen molar-refractivity contribution in [3.8, 4) is 5.75 Å². The van der Waals surface area contributed by atoms with Crippen molar-refractivity contribution in [1.29, 1.82) is 0 Å². The molecule has 0 aliphatic carbocycles. The third kappa shape index (κ3) is 3.29. The summed E-state index contributed by atoms with van der Waals surface area (Å²) in [6.07, 6.45) is -0.305. The molecule has 20 heavy (non-hydrogen) atoms. The Kier molecular flexibility index (Phi) is 4.61. The lowest BCUT2D eigenvalue weighted by Gasteiger charge is -2.05. The number of nitrogens with zero attached hydrogens (tertiary/aromatic N) is 1. The fourth-order valence-corrected chi connectivity index (χ4v) is 3.18. The lowest BCUT2D eigenvalue weighted by molar-refractivity contribution is -0.138. The number of hydrogen-bond acceptors (Lipinski definition) is 5. The minimum atomic E-state index is -1.05. The number of aliphatic carboxylic acids is 1. The first-order valence-electron chi connectivity index (χ1n) is 5.99. The second-order valence-electron chi connectivity index (χ2n) is 4.10. The first-order valence-corrected chi connectivity index (χ1v) is 7.25. The Bertz CT molecular complexity index is 653. The smallest absolute Gasteiger partial charge is 0.304 e. The van der Waals surface area contributed by atoms with Gasteiger partial charge in [-0.15, -0.1) is 24.0 Å². The number of carbonyl (C=O) groups excluding carboxylic acids is 1. The van der Waals surface area contributed by atoms with E-state index in [1.54, 1.807) is 12.1 Å². The Morgan fingerprint density at radius 3 is 2.85 bits per heavy atom. The Hall–Kier alpha value is -1.60. The van der Waals surface area contributed by atoms with Crippen molar-refractivity contribution in [3.05, 3.63) is 23.2 Å². The van der Waals surface area contributed by atoms with Gasteiger partial charge < -0.3 is 9.84 Å². The van der Waals surface area contributed by atoms with Gasteiger partial charge in [-0.2, -0.15) is 0 Å². The maximum Gasteiger partial charge on any atom is 0.304 e. The molecule has 1 N–H and O–H groups in total. The summed E-state index contributed by atoms with van der Waals surface area (Å²) in [6, 6.07) is 5.42. The molecule has 2 rings (SSSR count). The molecule has 0 bridgehead atoms. The van der Waals surface area contributed by atoms with E-state index in [1.807, 2.05) is 13.0 Å². The number of carbonyl (C=O) groups is 2. The van der Waals surface area contributed by atoms with Gasteiger partial charge in [0, 0.05) is 0 Å². The molecule has 1 aromatic heterocycles. The largest absolute Gasteiger partial charge is 0.494 e. The highest BCUT2D eigenvalue weighted by Crippen LogP contribution is 2.32. The zero-order chi connectivity index (χ0) is 14.7. The van der Waals surface area contributed by atoms with Crippen LogP contribution >= 0.6 is 24.0 Å². The van der Waals surface area contributed by atoms with Gasteiger partial charge in [0.1, 0.15) is 10.8 Å². The summed E-state index contributed by atoms with van der Waals surface area (Å²) in [4.78, 5) is 26.6. The summed E-state index contributed by atoms with van der Waals surface area (Å²) < 4.78 is 6.26. The van der Waals surface area contributed by atoms with Gasteiger partial charge in [0.05, 0.1) is 29.2 Å². The Balaban J connectivity index is 2.38. The molecule has 2 aromatic rings. The molecule has 0 saturated carbocycles. The number of ether oxygens (including phenoxy) is 1. The summed E-state index contributed by atoms with van der Waals surface area (Å²) in [6.45, 7) is 2.46. The van der Waals surface area contributed by atoms with E-state index in [2.05, 4.69) is 17.6 Å². The molecule has 0 saturated heterocycles. The first-order chi connectivity index (χ1) is 9.51. The Morgan fingerprint density at radius 2 is 2.25 bits per heavy atom. The molecule has 0 aliphatic heterocycles. The van der Waals surface area contributed by atoms with Gasteiger partial charge in [-0.05, 0) is 25.1 Å². The highest BCUT2D eigenvalue weighted by atomic mass is 32.1. The summed E-state index contributed by atoms with van der Waals surface area (Å²) in [5, 5.41) is 8.83. The molecule has 5 nitrogen and oxygen atoms in total. The zero-order valence-corrected chi connectivity index (χ0v) is 12.4. The van der Waals surface area contributed by atoms with Crippen molar-refractivity contribution in [2.45, 2.75) is 19.3 Å². The average molecular weight is 311 g/mol. The third-order valence-electron chi connectivity index (χ3n) is 2.66. The van der Waals surface area contributed by atoms with Crippen LogP contribution in [0.1, 0.15) is 24.3 Å². The van der Waals surface area contributed by atoms with Crippen molar-refractivity contribution in [1.82, 2.24) is 4.98 Å². The van der Waals surface area contributed by atoms with Crippen molar-refractivity contribution in [2.24, 2.45) is 0 Å². The van der Waals surface area contributed by atoms with E-state index in [9.17, 15) is 9.59 Å². The van der Waals surface area contributed by atoms with Crippen LogP contribution in [-0.2, 0) is 9.59 Å². The molecule has 7 heteroatoms. The van der Waals surface area contributed by atoms with Gasteiger partial charge >= 0.3 is 5.97 Å². The van der Waals surface area contributed by atoms with Crippen molar-refractivity contribution >= 4 is 45.3 Å². The second kappa shape index (κ2) is 6.23. The van der Waals surface area contributed by atoms with Gasteiger partial charge in [0.25, 0.3) is 0 Å². The summed E-state index contributed by atoms with van der Waals surface area (Å²) in [7, 11) is 0. The quantitative estimate of drug-likeness (QED) is 0.802. The third-order valence-corrected chi connectivity index (χ3v) is 4.11. The van der Waals surface area contributed by atoms with E-state index in [-0.39, 0.29) is 6.42 Å². The van der Waals surface area contributed by atoms with Crippen LogP contribution in [0.25, 0.3) is 10.2 Å². The van der Waals surface area contributed by atoms with Gasteiger partial charge in [0.2, 0.25) is 0 Å². The number of benzene rings is 1. The van der Waals surface area contributed by atoms with Gasteiger partial charge in [-0.25, -0.2) is 4.98 Å². The predicted molar refractivity (Wildman–Crippen MR) is 79.8 cm³/mol. The van der Waals surface area contributed by atoms with Crippen LogP contribution < -0.4 is 4.74 Å². The average Bonchev–Trinajstić information content (AvgIpc) is 2.78. The van der Waals surface area contributed by atoms with Crippen molar-refractivity contribution in [3.63, 3.8) is 0 Å². The molecule has 0 radical (unpaired) electrons. The molecule has 1 heterocycles. The van der Waals surface area contributed by atoms with Crippen LogP contribution in [0.3, 0.4) is 0 Å². The van der Waals surface area contributed by atoms with Crippen molar-refractivity contribution < 1.29 is 19.4 Å².